The topological polar surface area (TPSA) is 62.0 Å². The molecule has 1 N–H and O–H groups in total. The Hall–Kier alpha value is -1.62. The van der Waals surface area contributed by atoms with Crippen LogP contribution in [0, 0.1) is 0 Å². The number of rotatable bonds is 5. The molecule has 0 aliphatic heterocycles. The normalized spacial score (nSPS) is 17.5. The summed E-state index contributed by atoms with van der Waals surface area (Å²) in [5.41, 5.74) is 0.576. The van der Waals surface area contributed by atoms with Gasteiger partial charge in [-0.15, -0.1) is 11.8 Å². The van der Waals surface area contributed by atoms with E-state index in [1.807, 2.05) is 13.0 Å². The van der Waals surface area contributed by atoms with Gasteiger partial charge in [-0.2, -0.15) is 0 Å². The molecule has 0 bridgehead atoms. The van der Waals surface area contributed by atoms with Crippen molar-refractivity contribution in [3.63, 3.8) is 0 Å². The Morgan fingerprint density at radius 1 is 1.23 bits per heavy atom. The molecule has 4 nitrogen and oxygen atoms in total. The van der Waals surface area contributed by atoms with Crippen molar-refractivity contribution < 1.29 is 10.0 Å². The summed E-state index contributed by atoms with van der Waals surface area (Å²) in [5.74, 6) is 0.505. The Morgan fingerprint density at radius 3 is 2.50 bits per heavy atom. The maximum absolute atomic E-state index is 12.5. The minimum atomic E-state index is -0.279. The highest BCUT2D eigenvalue weighted by atomic mass is 32.2. The van der Waals surface area contributed by atoms with E-state index >= 15 is 0 Å². The summed E-state index contributed by atoms with van der Waals surface area (Å²) in [6, 6.07) is 9.14. The molecule has 0 unspecified atom stereocenters. The van der Waals surface area contributed by atoms with Gasteiger partial charge in [-0.25, -0.2) is 0 Å². The molecule has 2 rings (SSSR count). The maximum atomic E-state index is 12.5. The molecule has 1 saturated carbocycles. The van der Waals surface area contributed by atoms with Crippen molar-refractivity contribution in [3.05, 3.63) is 35.9 Å². The second-order valence-corrected chi connectivity index (χ2v) is 6.56. The van der Waals surface area contributed by atoms with Gasteiger partial charge in [0, 0.05) is 5.56 Å². The number of carbonyl (C=O) groups is 1. The summed E-state index contributed by atoms with van der Waals surface area (Å²) >= 11 is 1.46. The van der Waals surface area contributed by atoms with E-state index < -0.39 is 0 Å². The Morgan fingerprint density at radius 2 is 1.91 bits per heavy atom. The molecule has 5 heteroatoms. The third-order valence-corrected chi connectivity index (χ3v) is 4.57. The molecule has 1 aliphatic rings. The molecular formula is C17H22N2O2S. The number of thioether (sulfide) groups is 1. The highest BCUT2D eigenvalue weighted by Gasteiger charge is 2.23. The second kappa shape index (κ2) is 8.73. The molecule has 22 heavy (non-hydrogen) atoms. The van der Waals surface area contributed by atoms with Gasteiger partial charge in [0.15, 0.2) is 5.71 Å². The van der Waals surface area contributed by atoms with Gasteiger partial charge in [0.05, 0.1) is 6.04 Å². The number of benzene rings is 1. The number of hydrogen-bond donors (Lipinski definition) is 1. The van der Waals surface area contributed by atoms with E-state index in [0.717, 1.165) is 18.6 Å². The maximum Gasteiger partial charge on any atom is 0.217 e. The minimum Gasteiger partial charge on any atom is -0.410 e. The largest absolute Gasteiger partial charge is 0.410 e. The fraction of sp³-hybridized carbons (Fsp3) is 0.471. The van der Waals surface area contributed by atoms with Crippen LogP contribution in [0.4, 0.5) is 0 Å². The summed E-state index contributed by atoms with van der Waals surface area (Å²) in [4.78, 5) is 17.3. The summed E-state index contributed by atoms with van der Waals surface area (Å²) in [6.07, 6.45) is 5.71. The van der Waals surface area contributed by atoms with Gasteiger partial charge < -0.3 is 5.21 Å². The smallest absolute Gasteiger partial charge is 0.217 e. The van der Waals surface area contributed by atoms with E-state index in [2.05, 4.69) is 5.16 Å². The van der Waals surface area contributed by atoms with Gasteiger partial charge in [0.25, 0.3) is 0 Å². The van der Waals surface area contributed by atoms with E-state index in [-0.39, 0.29) is 17.5 Å². The van der Waals surface area contributed by atoms with Gasteiger partial charge in [-0.3, -0.25) is 9.79 Å². The van der Waals surface area contributed by atoms with Crippen molar-refractivity contribution in [1.29, 1.82) is 0 Å². The van der Waals surface area contributed by atoms with Crippen molar-refractivity contribution in [1.82, 2.24) is 0 Å². The molecular weight excluding hydrogens is 296 g/mol. The predicted octanol–water partition coefficient (Wildman–Crippen LogP) is 4.18. The molecule has 0 saturated heterocycles. The molecule has 0 spiro atoms. The molecule has 118 valence electrons. The van der Waals surface area contributed by atoms with Crippen LogP contribution in [0.2, 0.25) is 0 Å². The number of nitrogens with zero attached hydrogens (tertiary/aromatic N) is 2. The van der Waals surface area contributed by atoms with Crippen LogP contribution < -0.4 is 0 Å². The molecule has 1 aromatic rings. The second-order valence-electron chi connectivity index (χ2n) is 5.30. The Bertz CT molecular complexity index is 549. The number of ketones is 1. The number of aliphatic imine (C=N–C) groups is 1. The number of Topliss-reactive ketones (excluding diaryl/α,β-unsaturated/α-hetero) is 1. The lowest BCUT2D eigenvalue weighted by Gasteiger charge is -2.19. The van der Waals surface area contributed by atoms with Crippen LogP contribution >= 0.6 is 11.8 Å². The van der Waals surface area contributed by atoms with E-state index in [1.165, 1.54) is 31.0 Å². The van der Waals surface area contributed by atoms with Crippen molar-refractivity contribution in [2.75, 3.05) is 5.75 Å². The van der Waals surface area contributed by atoms with Crippen molar-refractivity contribution in [3.8, 4) is 0 Å². The van der Waals surface area contributed by atoms with Crippen LogP contribution in [0.5, 0.6) is 0 Å². The van der Waals surface area contributed by atoms with Gasteiger partial charge in [-0.05, 0) is 18.6 Å². The van der Waals surface area contributed by atoms with Crippen molar-refractivity contribution >= 4 is 28.3 Å². The van der Waals surface area contributed by atoms with Crippen molar-refractivity contribution in [2.45, 2.75) is 45.1 Å². The molecule has 0 atom stereocenters. The highest BCUT2D eigenvalue weighted by Crippen LogP contribution is 2.22. The number of carbonyl (C=O) groups excluding carboxylic acids is 1. The highest BCUT2D eigenvalue weighted by molar-refractivity contribution is 8.16. The third-order valence-electron chi connectivity index (χ3n) is 3.71. The molecule has 0 aromatic heterocycles. The molecule has 0 radical (unpaired) electrons. The first-order valence-corrected chi connectivity index (χ1v) is 8.77. The van der Waals surface area contributed by atoms with Crippen LogP contribution in [0.25, 0.3) is 0 Å². The van der Waals surface area contributed by atoms with Gasteiger partial charge in [-0.1, -0.05) is 61.7 Å². The summed E-state index contributed by atoms with van der Waals surface area (Å²) in [6.45, 7) is 2.00. The van der Waals surface area contributed by atoms with Crippen LogP contribution in [0.3, 0.4) is 0 Å². The monoisotopic (exact) mass is 318 g/mol. The molecule has 1 aliphatic carbocycles. The Labute approximate surface area is 135 Å². The standard InChI is InChI=1S/C17H22N2O2S/c1-2-22-17(18-14-11-7-4-8-12-14)15(19-21)16(20)13-9-5-3-6-10-13/h3,5-6,9-10,14,21H,2,4,7-8,11-12H2,1H3/b18-17?,19-15+. The predicted molar refractivity (Wildman–Crippen MR) is 92.4 cm³/mol. The zero-order valence-corrected chi connectivity index (χ0v) is 13.7. The molecule has 0 heterocycles. The van der Waals surface area contributed by atoms with Gasteiger partial charge in [0.1, 0.15) is 5.04 Å². The Balaban J connectivity index is 2.24. The number of hydrogen-bond acceptors (Lipinski definition) is 5. The average Bonchev–Trinajstić information content (AvgIpc) is 2.57. The minimum absolute atomic E-state index is 0.0589. The first kappa shape index (κ1) is 16.7. The lowest BCUT2D eigenvalue weighted by atomic mass is 9.96. The summed E-state index contributed by atoms with van der Waals surface area (Å²) in [7, 11) is 0. The van der Waals surface area contributed by atoms with Crippen LogP contribution in [-0.4, -0.2) is 33.5 Å². The number of oxime groups is 1. The van der Waals surface area contributed by atoms with Crippen LogP contribution in [0.15, 0.2) is 40.5 Å². The summed E-state index contributed by atoms with van der Waals surface area (Å²) in [5, 5.41) is 13.2. The Kier molecular flexibility index (Phi) is 6.65. The van der Waals surface area contributed by atoms with E-state index in [4.69, 9.17) is 4.99 Å². The SMILES string of the molecule is CCSC(=NC1CCCCC1)/C(=N/O)C(=O)c1ccccc1. The fourth-order valence-corrected chi connectivity index (χ4v) is 3.36. The van der Waals surface area contributed by atoms with Gasteiger partial charge in [0.2, 0.25) is 5.78 Å². The summed E-state index contributed by atoms with van der Waals surface area (Å²) < 4.78 is 0. The fourth-order valence-electron chi connectivity index (χ4n) is 2.59. The van der Waals surface area contributed by atoms with E-state index in [0.29, 0.717) is 10.6 Å². The molecule has 0 amide bonds. The lowest BCUT2D eigenvalue weighted by molar-refractivity contribution is 0.106. The zero-order chi connectivity index (χ0) is 15.8. The van der Waals surface area contributed by atoms with Crippen LogP contribution in [-0.2, 0) is 0 Å². The van der Waals surface area contributed by atoms with E-state index in [9.17, 15) is 10.0 Å². The lowest BCUT2D eigenvalue weighted by Crippen LogP contribution is -2.25. The van der Waals surface area contributed by atoms with Crippen LogP contribution in [0.1, 0.15) is 49.4 Å². The molecule has 1 fully saturated rings. The third kappa shape index (κ3) is 4.44. The first-order chi connectivity index (χ1) is 10.8. The van der Waals surface area contributed by atoms with Gasteiger partial charge >= 0.3 is 0 Å². The quantitative estimate of drug-likeness (QED) is 0.291. The van der Waals surface area contributed by atoms with Crippen molar-refractivity contribution in [2.24, 2.45) is 10.1 Å². The zero-order valence-electron chi connectivity index (χ0n) is 12.9. The van der Waals surface area contributed by atoms with E-state index in [1.54, 1.807) is 24.3 Å². The average molecular weight is 318 g/mol. The molecule has 1 aromatic carbocycles. The first-order valence-electron chi connectivity index (χ1n) is 7.79.